The third-order valence-corrected chi connectivity index (χ3v) is 3.29. The van der Waals surface area contributed by atoms with Crippen LogP contribution in [0.3, 0.4) is 0 Å². The number of thioether (sulfide) groups is 1. The van der Waals surface area contributed by atoms with Crippen LogP contribution in [0, 0.1) is 0 Å². The summed E-state index contributed by atoms with van der Waals surface area (Å²) in [7, 11) is 0. The lowest BCUT2D eigenvalue weighted by Crippen LogP contribution is -2.18. The first-order valence-electron chi connectivity index (χ1n) is 2.46. The first kappa shape index (κ1) is 12.1. The number of hydrogen-bond acceptors (Lipinski definition) is 2. The molecule has 0 aliphatic carbocycles. The molecule has 0 nitrogen and oxygen atoms in total. The summed E-state index contributed by atoms with van der Waals surface area (Å²) in [6, 6.07) is 0. The number of alkyl halides is 5. The average molecular weight is 245 g/mol. The lowest BCUT2D eigenvalue weighted by molar-refractivity contribution is 0.124. The molecule has 0 radical (unpaired) electrons. The van der Waals surface area contributed by atoms with E-state index in [0.717, 1.165) is 0 Å². The van der Waals surface area contributed by atoms with Gasteiger partial charge in [-0.1, -0.05) is 23.4 Å². The Labute approximate surface area is 82.2 Å². The second-order valence-electron chi connectivity index (χ2n) is 1.70. The van der Waals surface area contributed by atoms with Crippen LogP contribution in [0.2, 0.25) is 0 Å². The van der Waals surface area contributed by atoms with Gasteiger partial charge >= 0.3 is 5.38 Å². The lowest BCUT2D eigenvalue weighted by atomic mass is 10.8. The van der Waals surface area contributed by atoms with Gasteiger partial charge in [-0.15, -0.1) is 0 Å². The maximum Gasteiger partial charge on any atom is 0.330 e. The smallest absolute Gasteiger partial charge is 0.213 e. The van der Waals surface area contributed by atoms with Gasteiger partial charge in [0, 0.05) is 5.75 Å². The fraction of sp³-hybridized carbons (Fsp3) is 1.00. The molecule has 0 aliphatic rings. The second kappa shape index (κ2) is 4.35. The van der Waals surface area contributed by atoms with E-state index in [1.54, 1.807) is 0 Å². The van der Waals surface area contributed by atoms with Crippen molar-refractivity contribution in [2.24, 2.45) is 0 Å². The minimum atomic E-state index is -3.42. The third-order valence-electron chi connectivity index (χ3n) is 0.631. The Bertz CT molecular complexity index is 125. The van der Waals surface area contributed by atoms with Crippen molar-refractivity contribution >= 4 is 47.6 Å². The Morgan fingerprint density at radius 3 is 2.00 bits per heavy atom. The third kappa shape index (κ3) is 7.43. The fourth-order valence-electron chi connectivity index (χ4n) is 0.233. The maximum atomic E-state index is 12.6. The summed E-state index contributed by atoms with van der Waals surface area (Å²) in [5.74, 6) is -1.21. The van der Waals surface area contributed by atoms with E-state index in [1.807, 2.05) is 0 Å². The van der Waals surface area contributed by atoms with Gasteiger partial charge in [-0.05, 0) is 11.6 Å². The Kier molecular flexibility index (Phi) is 4.77. The van der Waals surface area contributed by atoms with Crippen LogP contribution in [0.15, 0.2) is 0 Å². The molecular weight excluding hydrogens is 240 g/mol. The van der Waals surface area contributed by atoms with E-state index in [1.165, 1.54) is 0 Å². The molecule has 0 N–H and O–H groups in total. The predicted molar refractivity (Wildman–Crippen MR) is 46.8 cm³/mol. The Balaban J connectivity index is 3.70. The van der Waals surface area contributed by atoms with Gasteiger partial charge in [0.15, 0.2) is 0 Å². The van der Waals surface area contributed by atoms with Gasteiger partial charge in [0.2, 0.25) is 4.46 Å². The predicted octanol–water partition coefficient (Wildman–Crippen LogP) is 3.34. The van der Waals surface area contributed by atoms with Crippen LogP contribution in [0.5, 0.6) is 0 Å². The average Bonchev–Trinajstić information content (AvgIpc) is 1.83. The van der Waals surface area contributed by atoms with Crippen molar-refractivity contribution in [3.05, 3.63) is 0 Å². The minimum absolute atomic E-state index is 0.226. The van der Waals surface area contributed by atoms with Crippen molar-refractivity contribution in [1.82, 2.24) is 0 Å². The van der Waals surface area contributed by atoms with Gasteiger partial charge in [0.05, 0.1) is 5.75 Å². The highest BCUT2D eigenvalue weighted by molar-refractivity contribution is 8.02. The molecule has 68 valence electrons. The molecule has 0 saturated heterocycles. The van der Waals surface area contributed by atoms with E-state index in [0.29, 0.717) is 0 Å². The molecule has 0 spiro atoms. The molecule has 0 aromatic rings. The molecule has 0 aromatic carbocycles. The molecular formula is C4H5Cl2F3S2. The summed E-state index contributed by atoms with van der Waals surface area (Å²) in [6.07, 6.45) is 0. The van der Waals surface area contributed by atoms with Crippen LogP contribution in [0.4, 0.5) is 13.2 Å². The molecule has 0 amide bonds. The normalized spacial score (nSPS) is 18.0. The van der Waals surface area contributed by atoms with Crippen molar-refractivity contribution in [3.63, 3.8) is 0 Å². The summed E-state index contributed by atoms with van der Waals surface area (Å²) in [5, 5.41) is -3.42. The number of rotatable bonds is 4. The lowest BCUT2D eigenvalue weighted by Gasteiger charge is -2.15. The molecule has 0 aromatic heterocycles. The zero-order valence-electron chi connectivity index (χ0n) is 5.16. The summed E-state index contributed by atoms with van der Waals surface area (Å²) >= 11 is 13.3. The molecule has 0 fully saturated rings. The van der Waals surface area contributed by atoms with E-state index in [-0.39, 0.29) is 17.5 Å². The molecule has 0 saturated carbocycles. The Morgan fingerprint density at radius 1 is 1.27 bits per heavy atom. The maximum absolute atomic E-state index is 12.6. The zero-order valence-corrected chi connectivity index (χ0v) is 8.38. The standard InChI is InChI=1S/C4H5Cl2F3S2/c5-3(7,8)2-11-4(6,9)1-10/h10H,1-2H2. The summed E-state index contributed by atoms with van der Waals surface area (Å²) in [5.41, 5.74) is 0. The van der Waals surface area contributed by atoms with E-state index in [2.05, 4.69) is 24.2 Å². The monoisotopic (exact) mass is 244 g/mol. The molecule has 11 heavy (non-hydrogen) atoms. The van der Waals surface area contributed by atoms with Crippen molar-refractivity contribution in [1.29, 1.82) is 0 Å². The first-order valence-corrected chi connectivity index (χ1v) is 4.84. The quantitative estimate of drug-likeness (QED) is 0.585. The van der Waals surface area contributed by atoms with Crippen molar-refractivity contribution in [2.75, 3.05) is 11.5 Å². The SMILES string of the molecule is FC(F)(Cl)CSC(F)(Cl)CS. The van der Waals surface area contributed by atoms with E-state index < -0.39 is 15.6 Å². The van der Waals surface area contributed by atoms with Gasteiger partial charge in [-0.3, -0.25) is 0 Å². The van der Waals surface area contributed by atoms with Gasteiger partial charge in [0.25, 0.3) is 0 Å². The highest BCUT2D eigenvalue weighted by Gasteiger charge is 2.33. The van der Waals surface area contributed by atoms with Crippen LogP contribution >= 0.6 is 47.6 Å². The van der Waals surface area contributed by atoms with Crippen LogP contribution < -0.4 is 0 Å². The van der Waals surface area contributed by atoms with Crippen molar-refractivity contribution in [3.8, 4) is 0 Å². The largest absolute Gasteiger partial charge is 0.330 e. The molecule has 1 atom stereocenters. The summed E-state index contributed by atoms with van der Waals surface area (Å²) in [4.78, 5) is 0. The van der Waals surface area contributed by atoms with Gasteiger partial charge in [-0.25, -0.2) is 4.39 Å². The first-order chi connectivity index (χ1) is 4.77. The summed E-state index contributed by atoms with van der Waals surface area (Å²) < 4.78 is 34.1. The van der Waals surface area contributed by atoms with E-state index >= 15 is 0 Å². The Morgan fingerprint density at radius 2 is 1.73 bits per heavy atom. The van der Waals surface area contributed by atoms with Gasteiger partial charge < -0.3 is 0 Å². The van der Waals surface area contributed by atoms with E-state index in [4.69, 9.17) is 11.6 Å². The van der Waals surface area contributed by atoms with E-state index in [9.17, 15) is 13.2 Å². The molecule has 1 unspecified atom stereocenters. The molecule has 7 heteroatoms. The number of halogens is 5. The van der Waals surface area contributed by atoms with Crippen LogP contribution in [0.25, 0.3) is 0 Å². The molecule has 0 heterocycles. The van der Waals surface area contributed by atoms with Gasteiger partial charge in [-0.2, -0.15) is 21.4 Å². The van der Waals surface area contributed by atoms with Crippen LogP contribution in [-0.4, -0.2) is 21.3 Å². The number of hydrogen-bond donors (Lipinski definition) is 1. The molecule has 0 rings (SSSR count). The van der Waals surface area contributed by atoms with Gasteiger partial charge in [0.1, 0.15) is 0 Å². The second-order valence-corrected chi connectivity index (χ2v) is 4.62. The fourth-order valence-corrected chi connectivity index (χ4v) is 1.30. The minimum Gasteiger partial charge on any atom is -0.213 e. The van der Waals surface area contributed by atoms with Crippen LogP contribution in [0.1, 0.15) is 0 Å². The molecule has 0 aliphatic heterocycles. The van der Waals surface area contributed by atoms with Crippen molar-refractivity contribution in [2.45, 2.75) is 9.84 Å². The zero-order chi connectivity index (χ0) is 9.12. The highest BCUT2D eigenvalue weighted by atomic mass is 35.5. The Hall–Kier alpha value is 1.07. The summed E-state index contributed by atoms with van der Waals surface area (Å²) in [6.45, 7) is 0. The topological polar surface area (TPSA) is 0 Å². The van der Waals surface area contributed by atoms with Crippen LogP contribution in [-0.2, 0) is 0 Å². The molecule has 0 bridgehead atoms. The number of thiol groups is 1. The highest BCUT2D eigenvalue weighted by Crippen LogP contribution is 2.37. The van der Waals surface area contributed by atoms with Crippen molar-refractivity contribution < 1.29 is 13.2 Å².